The summed E-state index contributed by atoms with van der Waals surface area (Å²) < 4.78 is 6.10. The number of aromatic nitrogens is 1. The number of piperazine rings is 1. The summed E-state index contributed by atoms with van der Waals surface area (Å²) in [5.74, 6) is 0.987. The Kier molecular flexibility index (Phi) is 6.26. The van der Waals surface area contributed by atoms with Crippen LogP contribution in [0.5, 0.6) is 0 Å². The third-order valence-corrected chi connectivity index (χ3v) is 6.95. The fourth-order valence-corrected chi connectivity index (χ4v) is 4.98. The van der Waals surface area contributed by atoms with E-state index in [1.54, 1.807) is 11.8 Å². The van der Waals surface area contributed by atoms with E-state index in [1.165, 1.54) is 5.56 Å². The first-order valence-electron chi connectivity index (χ1n) is 10.3. The number of hydrogen-bond donors (Lipinski definition) is 0. The molecule has 0 radical (unpaired) electrons. The zero-order valence-corrected chi connectivity index (χ0v) is 19.3. The molecule has 2 aliphatic rings. The summed E-state index contributed by atoms with van der Waals surface area (Å²) in [7, 11) is 0. The summed E-state index contributed by atoms with van der Waals surface area (Å²) in [6.07, 6.45) is 2.73. The largest absolute Gasteiger partial charge is 0.370 e. The Morgan fingerprint density at radius 1 is 1.20 bits per heavy atom. The van der Waals surface area contributed by atoms with Gasteiger partial charge in [-0.2, -0.15) is 5.26 Å². The van der Waals surface area contributed by atoms with E-state index in [2.05, 4.69) is 35.8 Å². The molecule has 4 rings (SSSR count). The fraction of sp³-hybridized carbons (Fsp3) is 0.478. The number of rotatable bonds is 4. The van der Waals surface area contributed by atoms with E-state index in [9.17, 15) is 5.26 Å². The predicted molar refractivity (Wildman–Crippen MR) is 122 cm³/mol. The zero-order chi connectivity index (χ0) is 21.3. The van der Waals surface area contributed by atoms with Crippen LogP contribution in [0.25, 0.3) is 0 Å². The number of ether oxygens (including phenoxy) is 1. The molecule has 0 aliphatic carbocycles. The Morgan fingerprint density at radius 3 is 2.60 bits per heavy atom. The second-order valence-electron chi connectivity index (χ2n) is 8.47. The average Bonchev–Trinajstić information content (AvgIpc) is 2.74. The summed E-state index contributed by atoms with van der Waals surface area (Å²) in [4.78, 5) is 9.70. The monoisotopic (exact) mass is 442 g/mol. The summed E-state index contributed by atoms with van der Waals surface area (Å²) in [6.45, 7) is 9.23. The molecule has 0 spiro atoms. The van der Waals surface area contributed by atoms with Gasteiger partial charge in [0.15, 0.2) is 0 Å². The van der Waals surface area contributed by atoms with Crippen LogP contribution in [-0.2, 0) is 24.3 Å². The Balaban J connectivity index is 1.57. The number of thioether (sulfide) groups is 1. The molecule has 2 aromatic rings. The van der Waals surface area contributed by atoms with Crippen LogP contribution in [0.15, 0.2) is 29.3 Å². The van der Waals surface area contributed by atoms with Gasteiger partial charge in [-0.05, 0) is 37.3 Å². The molecule has 0 saturated carbocycles. The van der Waals surface area contributed by atoms with Crippen LogP contribution < -0.4 is 4.90 Å². The highest BCUT2D eigenvalue weighted by Gasteiger charge is 2.33. The van der Waals surface area contributed by atoms with E-state index in [0.717, 1.165) is 71.7 Å². The van der Waals surface area contributed by atoms with Crippen molar-refractivity contribution in [2.75, 3.05) is 37.3 Å². The van der Waals surface area contributed by atoms with E-state index in [1.807, 2.05) is 24.5 Å². The van der Waals surface area contributed by atoms with Gasteiger partial charge in [0.2, 0.25) is 0 Å². The maximum atomic E-state index is 9.80. The molecule has 1 saturated heterocycles. The van der Waals surface area contributed by atoms with Crippen molar-refractivity contribution in [1.82, 2.24) is 9.88 Å². The molecule has 7 heteroatoms. The molecule has 30 heavy (non-hydrogen) atoms. The van der Waals surface area contributed by atoms with E-state index >= 15 is 0 Å². The number of nitriles is 1. The van der Waals surface area contributed by atoms with Crippen molar-refractivity contribution in [3.05, 3.63) is 51.5 Å². The van der Waals surface area contributed by atoms with E-state index in [0.29, 0.717) is 6.61 Å². The first-order valence-corrected chi connectivity index (χ1v) is 11.9. The third kappa shape index (κ3) is 4.31. The Hall–Kier alpha value is -1.78. The molecule has 2 aliphatic heterocycles. The molecular weight excluding hydrogens is 416 g/mol. The maximum absolute atomic E-state index is 9.80. The number of anilines is 1. The Bertz CT molecular complexity index is 980. The quantitative estimate of drug-likeness (QED) is 0.649. The van der Waals surface area contributed by atoms with Gasteiger partial charge in [-0.3, -0.25) is 4.90 Å². The first kappa shape index (κ1) is 21.5. The van der Waals surface area contributed by atoms with Crippen molar-refractivity contribution in [3.8, 4) is 6.07 Å². The predicted octanol–water partition coefficient (Wildman–Crippen LogP) is 4.50. The smallest absolute Gasteiger partial charge is 0.135 e. The number of fused-ring (bicyclic) bond motifs is 1. The van der Waals surface area contributed by atoms with Gasteiger partial charge in [-0.25, -0.2) is 4.98 Å². The van der Waals surface area contributed by atoms with E-state index in [4.69, 9.17) is 21.3 Å². The molecule has 0 unspecified atom stereocenters. The molecule has 0 atom stereocenters. The molecule has 158 valence electrons. The number of pyridine rings is 1. The highest BCUT2D eigenvalue weighted by molar-refractivity contribution is 7.98. The van der Waals surface area contributed by atoms with Crippen LogP contribution in [0, 0.1) is 11.3 Å². The topological polar surface area (TPSA) is 52.4 Å². The van der Waals surface area contributed by atoms with Gasteiger partial charge in [0.05, 0.1) is 17.8 Å². The van der Waals surface area contributed by atoms with Gasteiger partial charge >= 0.3 is 0 Å². The zero-order valence-electron chi connectivity index (χ0n) is 17.7. The second-order valence-corrected chi connectivity index (χ2v) is 9.67. The maximum Gasteiger partial charge on any atom is 0.135 e. The SMILES string of the molecule is CSc1nc(N2CCN(Cc3ccccc3Cl)CC2)c2c(c1C#N)CC(C)(C)OC2. The van der Waals surface area contributed by atoms with Crippen LogP contribution in [0.2, 0.25) is 5.02 Å². The van der Waals surface area contributed by atoms with Gasteiger partial charge in [0, 0.05) is 49.7 Å². The van der Waals surface area contributed by atoms with Gasteiger partial charge in [-0.15, -0.1) is 11.8 Å². The van der Waals surface area contributed by atoms with Crippen molar-refractivity contribution >= 4 is 29.2 Å². The van der Waals surface area contributed by atoms with Crippen molar-refractivity contribution < 1.29 is 4.74 Å². The number of halogens is 1. The average molecular weight is 443 g/mol. The van der Waals surface area contributed by atoms with Crippen LogP contribution in [0.4, 0.5) is 5.82 Å². The van der Waals surface area contributed by atoms with Crippen molar-refractivity contribution in [2.24, 2.45) is 0 Å². The van der Waals surface area contributed by atoms with E-state index in [-0.39, 0.29) is 5.60 Å². The Morgan fingerprint density at radius 2 is 1.93 bits per heavy atom. The van der Waals surface area contributed by atoms with Crippen molar-refractivity contribution in [3.63, 3.8) is 0 Å². The molecule has 0 bridgehead atoms. The standard InChI is InChI=1S/C23H27ClN4OS/c1-23(2)12-17-18(13-25)22(30-3)26-21(19(17)15-29-23)28-10-8-27(9-11-28)14-16-6-4-5-7-20(16)24/h4-7H,8-12,14-15H2,1-3H3. The van der Waals surface area contributed by atoms with Gasteiger partial charge < -0.3 is 9.64 Å². The molecule has 1 aromatic carbocycles. The lowest BCUT2D eigenvalue weighted by atomic mass is 9.89. The lowest BCUT2D eigenvalue weighted by Crippen LogP contribution is -2.47. The van der Waals surface area contributed by atoms with Gasteiger partial charge in [0.1, 0.15) is 16.9 Å². The molecule has 0 amide bonds. The summed E-state index contributed by atoms with van der Waals surface area (Å²) in [6, 6.07) is 10.5. The molecule has 3 heterocycles. The first-order chi connectivity index (χ1) is 14.4. The van der Waals surface area contributed by atoms with Gasteiger partial charge in [0.25, 0.3) is 0 Å². The van der Waals surface area contributed by atoms with Gasteiger partial charge in [-0.1, -0.05) is 29.8 Å². The second kappa shape index (κ2) is 8.76. The van der Waals surface area contributed by atoms with Crippen LogP contribution in [0.1, 0.15) is 36.1 Å². The highest BCUT2D eigenvalue weighted by Crippen LogP contribution is 2.38. The summed E-state index contributed by atoms with van der Waals surface area (Å²) in [5.41, 5.74) is 3.82. The minimum atomic E-state index is -0.263. The minimum absolute atomic E-state index is 0.263. The molecule has 5 nitrogen and oxygen atoms in total. The lowest BCUT2D eigenvalue weighted by Gasteiger charge is -2.39. The fourth-order valence-electron chi connectivity index (χ4n) is 4.24. The molecule has 1 aromatic heterocycles. The van der Waals surface area contributed by atoms with Crippen molar-refractivity contribution in [1.29, 1.82) is 5.26 Å². The number of nitrogens with zero attached hydrogens (tertiary/aromatic N) is 4. The minimum Gasteiger partial charge on any atom is -0.370 e. The number of benzene rings is 1. The normalized spacial score (nSPS) is 18.7. The summed E-state index contributed by atoms with van der Waals surface area (Å²) in [5, 5.41) is 11.4. The van der Waals surface area contributed by atoms with Crippen LogP contribution in [-0.4, -0.2) is 47.9 Å². The Labute approximate surface area is 188 Å². The number of hydrogen-bond acceptors (Lipinski definition) is 6. The third-order valence-electron chi connectivity index (χ3n) is 5.90. The molecule has 0 N–H and O–H groups in total. The molecule has 1 fully saturated rings. The molecular formula is C23H27ClN4OS. The van der Waals surface area contributed by atoms with E-state index < -0.39 is 0 Å². The summed E-state index contributed by atoms with van der Waals surface area (Å²) >= 11 is 7.89. The highest BCUT2D eigenvalue weighted by atomic mass is 35.5. The van der Waals surface area contributed by atoms with Crippen molar-refractivity contribution in [2.45, 2.75) is 44.0 Å². The lowest BCUT2D eigenvalue weighted by molar-refractivity contribution is -0.0402. The van der Waals surface area contributed by atoms with Crippen LogP contribution in [0.3, 0.4) is 0 Å². The van der Waals surface area contributed by atoms with Crippen LogP contribution >= 0.6 is 23.4 Å².